The van der Waals surface area contributed by atoms with Gasteiger partial charge in [0.25, 0.3) is 0 Å². The number of hydrogen-bond donors (Lipinski definition) is 0. The Balaban J connectivity index is 1.56. The van der Waals surface area contributed by atoms with E-state index in [2.05, 4.69) is 14.9 Å². The number of amides is 2. The Morgan fingerprint density at radius 1 is 1.21 bits per heavy atom. The maximum Gasteiger partial charge on any atom is 0.410 e. The summed E-state index contributed by atoms with van der Waals surface area (Å²) in [6.45, 7) is 11.4. The van der Waals surface area contributed by atoms with Crippen LogP contribution < -0.4 is 14.5 Å². The van der Waals surface area contributed by atoms with Gasteiger partial charge in [0.05, 0.1) is 18.0 Å². The lowest BCUT2D eigenvalue weighted by Gasteiger charge is -2.28. The van der Waals surface area contributed by atoms with Crippen molar-refractivity contribution in [3.05, 3.63) is 36.5 Å². The van der Waals surface area contributed by atoms with E-state index >= 15 is 0 Å². The monoisotopic (exact) mass is 538 g/mol. The van der Waals surface area contributed by atoms with Crippen LogP contribution in [-0.4, -0.2) is 65.2 Å². The number of carbonyl (C=O) groups excluding carboxylic acids is 2. The molecule has 39 heavy (non-hydrogen) atoms. The van der Waals surface area contributed by atoms with Gasteiger partial charge in [-0.05, 0) is 45.7 Å². The Morgan fingerprint density at radius 2 is 1.95 bits per heavy atom. The summed E-state index contributed by atoms with van der Waals surface area (Å²) in [7, 11) is 0. The first-order valence-electron chi connectivity index (χ1n) is 13.1. The van der Waals surface area contributed by atoms with Gasteiger partial charge in [0.2, 0.25) is 5.91 Å². The van der Waals surface area contributed by atoms with Crippen molar-refractivity contribution in [1.29, 1.82) is 5.26 Å². The van der Waals surface area contributed by atoms with E-state index in [4.69, 9.17) is 9.47 Å². The first-order chi connectivity index (χ1) is 18.4. The molecule has 2 aliphatic heterocycles. The lowest BCUT2D eigenvalue weighted by Crippen LogP contribution is -2.37. The van der Waals surface area contributed by atoms with Gasteiger partial charge in [0.15, 0.2) is 17.3 Å². The molecule has 1 atom stereocenters. The molecular weight excluding hydrogens is 503 g/mol. The summed E-state index contributed by atoms with van der Waals surface area (Å²) in [6.07, 6.45) is 4.39. The predicted octanol–water partition coefficient (Wildman–Crippen LogP) is 4.76. The highest BCUT2D eigenvalue weighted by atomic mass is 19.1. The Morgan fingerprint density at radius 3 is 2.64 bits per heavy atom. The molecule has 11 heteroatoms. The van der Waals surface area contributed by atoms with Crippen LogP contribution in [0.15, 0.2) is 30.7 Å². The number of hydrogen-bond acceptors (Lipinski definition) is 8. The molecule has 2 aromatic rings. The van der Waals surface area contributed by atoms with E-state index in [0.717, 1.165) is 12.8 Å². The third-order valence-corrected chi connectivity index (χ3v) is 6.91. The van der Waals surface area contributed by atoms with Crippen molar-refractivity contribution in [3.8, 4) is 17.6 Å². The number of carbonyl (C=O) groups is 2. The molecule has 1 spiro atoms. The second kappa shape index (κ2) is 11.0. The van der Waals surface area contributed by atoms with Crippen LogP contribution in [-0.2, 0) is 9.53 Å². The highest BCUT2D eigenvalue weighted by Gasteiger charge is 2.46. The van der Waals surface area contributed by atoms with E-state index in [1.165, 1.54) is 35.6 Å². The molecule has 1 aromatic carbocycles. The summed E-state index contributed by atoms with van der Waals surface area (Å²) < 4.78 is 26.1. The summed E-state index contributed by atoms with van der Waals surface area (Å²) in [4.78, 5) is 39.2. The minimum Gasteiger partial charge on any atom is -0.450 e. The predicted molar refractivity (Wildman–Crippen MR) is 143 cm³/mol. The van der Waals surface area contributed by atoms with Gasteiger partial charge in [-0.15, -0.1) is 0 Å². The molecule has 0 saturated carbocycles. The van der Waals surface area contributed by atoms with E-state index < -0.39 is 17.3 Å². The van der Waals surface area contributed by atoms with Crippen LogP contribution in [0.5, 0.6) is 11.5 Å². The van der Waals surface area contributed by atoms with E-state index in [0.29, 0.717) is 37.7 Å². The van der Waals surface area contributed by atoms with Gasteiger partial charge in [-0.2, -0.15) is 5.26 Å². The van der Waals surface area contributed by atoms with Crippen LogP contribution in [0.2, 0.25) is 0 Å². The summed E-state index contributed by atoms with van der Waals surface area (Å²) in [5, 5.41) is 9.34. The molecule has 4 rings (SSSR count). The fourth-order valence-corrected chi connectivity index (χ4v) is 5.06. The smallest absolute Gasteiger partial charge is 0.410 e. The van der Waals surface area contributed by atoms with Crippen molar-refractivity contribution in [3.63, 3.8) is 0 Å². The van der Waals surface area contributed by atoms with Gasteiger partial charge in [-0.1, -0.05) is 13.8 Å². The number of halogens is 1. The second-order valence-corrected chi connectivity index (χ2v) is 11.5. The maximum absolute atomic E-state index is 14.3. The SMILES string of the molecule is CC(C)C(=O)N(CC#N)c1cc(F)ccc1Oc1cncnc1N1CCC2(CCN(C(=O)OC(C)(C)C)C2)C1. The Bertz CT molecular complexity index is 1270. The topological polar surface area (TPSA) is 112 Å². The number of aromatic nitrogens is 2. The molecular formula is C28H35FN6O4. The number of benzene rings is 1. The molecule has 3 heterocycles. The molecule has 0 aliphatic carbocycles. The first kappa shape index (κ1) is 28.1. The van der Waals surface area contributed by atoms with Crippen molar-refractivity contribution < 1.29 is 23.5 Å². The standard InChI is InChI=1S/C28H35FN6O4/c1-19(2)25(36)35(13-10-30)21-14-20(29)6-7-22(21)38-23-15-31-18-32-24(23)33-11-8-28(16-33)9-12-34(17-28)26(37)39-27(3,4)5/h6-7,14-15,18-19H,8-9,11-13,16-17H2,1-5H3. The van der Waals surface area contributed by atoms with Crippen molar-refractivity contribution in [2.24, 2.45) is 11.3 Å². The minimum atomic E-state index is -0.557. The fraction of sp³-hybridized carbons (Fsp3) is 0.536. The van der Waals surface area contributed by atoms with E-state index in [1.807, 2.05) is 26.8 Å². The number of anilines is 2. The highest BCUT2D eigenvalue weighted by molar-refractivity contribution is 5.96. The zero-order valence-corrected chi connectivity index (χ0v) is 23.1. The summed E-state index contributed by atoms with van der Waals surface area (Å²) in [5.74, 6) is -0.166. The Kier molecular flexibility index (Phi) is 7.95. The average Bonchev–Trinajstić information content (AvgIpc) is 3.49. The minimum absolute atomic E-state index is 0.0898. The van der Waals surface area contributed by atoms with Gasteiger partial charge in [-0.3, -0.25) is 9.69 Å². The Labute approximate surface area is 228 Å². The number of likely N-dealkylation sites (tertiary alicyclic amines) is 1. The summed E-state index contributed by atoms with van der Waals surface area (Å²) >= 11 is 0. The van der Waals surface area contributed by atoms with Gasteiger partial charge in [0.1, 0.15) is 24.3 Å². The van der Waals surface area contributed by atoms with Crippen molar-refractivity contribution in [2.75, 3.05) is 42.5 Å². The third-order valence-electron chi connectivity index (χ3n) is 6.91. The van der Waals surface area contributed by atoms with Gasteiger partial charge in [-0.25, -0.2) is 19.2 Å². The molecule has 2 saturated heterocycles. The molecule has 0 N–H and O–H groups in total. The molecule has 10 nitrogen and oxygen atoms in total. The average molecular weight is 539 g/mol. The Hall–Kier alpha value is -3.94. The number of nitriles is 1. The largest absolute Gasteiger partial charge is 0.450 e. The fourth-order valence-electron chi connectivity index (χ4n) is 5.06. The normalized spacial score (nSPS) is 18.9. The second-order valence-electron chi connectivity index (χ2n) is 11.5. The number of rotatable bonds is 6. The van der Waals surface area contributed by atoms with Crippen LogP contribution in [0.3, 0.4) is 0 Å². The van der Waals surface area contributed by atoms with Crippen LogP contribution in [0, 0.1) is 28.5 Å². The van der Waals surface area contributed by atoms with Crippen molar-refractivity contribution >= 4 is 23.5 Å². The molecule has 2 aliphatic rings. The van der Waals surface area contributed by atoms with Gasteiger partial charge in [0, 0.05) is 43.6 Å². The molecule has 0 radical (unpaired) electrons. The summed E-state index contributed by atoms with van der Waals surface area (Å²) in [6, 6.07) is 5.83. The number of ether oxygens (including phenoxy) is 2. The zero-order valence-electron chi connectivity index (χ0n) is 23.1. The molecule has 1 unspecified atom stereocenters. The number of nitrogens with zero attached hydrogens (tertiary/aromatic N) is 6. The highest BCUT2D eigenvalue weighted by Crippen LogP contribution is 2.44. The third kappa shape index (κ3) is 6.38. The van der Waals surface area contributed by atoms with Crippen LogP contribution in [0.1, 0.15) is 47.5 Å². The quantitative estimate of drug-likeness (QED) is 0.484. The van der Waals surface area contributed by atoms with E-state index in [-0.39, 0.29) is 35.4 Å². The molecule has 2 amide bonds. The summed E-state index contributed by atoms with van der Waals surface area (Å²) in [5.41, 5.74) is -0.483. The zero-order chi connectivity index (χ0) is 28.4. The molecule has 1 aromatic heterocycles. The van der Waals surface area contributed by atoms with E-state index in [9.17, 15) is 19.2 Å². The van der Waals surface area contributed by atoms with E-state index in [1.54, 1.807) is 18.7 Å². The van der Waals surface area contributed by atoms with Gasteiger partial charge >= 0.3 is 6.09 Å². The van der Waals surface area contributed by atoms with Crippen molar-refractivity contribution in [1.82, 2.24) is 14.9 Å². The molecule has 208 valence electrons. The lowest BCUT2D eigenvalue weighted by atomic mass is 9.86. The molecule has 0 bridgehead atoms. The van der Waals surface area contributed by atoms with Crippen LogP contribution >= 0.6 is 0 Å². The first-order valence-corrected chi connectivity index (χ1v) is 13.1. The maximum atomic E-state index is 14.3. The van der Waals surface area contributed by atoms with Crippen molar-refractivity contribution in [2.45, 2.75) is 53.1 Å². The van der Waals surface area contributed by atoms with Crippen LogP contribution in [0.4, 0.5) is 20.7 Å². The lowest BCUT2D eigenvalue weighted by molar-refractivity contribution is -0.121. The van der Waals surface area contributed by atoms with Gasteiger partial charge < -0.3 is 19.3 Å². The van der Waals surface area contributed by atoms with Crippen LogP contribution in [0.25, 0.3) is 0 Å². The molecule has 2 fully saturated rings.